The standard InChI is InChI=1S/C35H41NO6/c1-5-39-34(37)33-31(32(27-19-13-8-14-20-27)36(42-33)35(2,3)4)29-21-28(40-23-26-17-11-7-12-18-26)30(41-29)24-38-22-25-15-9-6-10-16-25/h6-20,28-30,32H,5,21-24H2,1-4H3/t28-,29-,30+,32?/m0/s1. The van der Waals surface area contributed by atoms with Crippen LogP contribution in [0.15, 0.2) is 102 Å². The van der Waals surface area contributed by atoms with Gasteiger partial charge in [-0.15, -0.1) is 5.06 Å². The van der Waals surface area contributed by atoms with Gasteiger partial charge in [-0.2, -0.15) is 0 Å². The molecule has 3 aromatic carbocycles. The molecule has 4 atom stereocenters. The third kappa shape index (κ3) is 7.10. The molecule has 222 valence electrons. The number of hydroxylamine groups is 2. The third-order valence-electron chi connectivity index (χ3n) is 7.47. The highest BCUT2D eigenvalue weighted by atomic mass is 16.7. The predicted molar refractivity (Wildman–Crippen MR) is 160 cm³/mol. The Morgan fingerprint density at radius 3 is 2.07 bits per heavy atom. The van der Waals surface area contributed by atoms with Gasteiger partial charge >= 0.3 is 5.97 Å². The van der Waals surface area contributed by atoms with Crippen LogP contribution in [0.1, 0.15) is 56.8 Å². The Balaban J connectivity index is 1.45. The Kier molecular flexibility index (Phi) is 9.75. The molecule has 0 aromatic heterocycles. The lowest BCUT2D eigenvalue weighted by atomic mass is 9.90. The molecule has 2 aliphatic rings. The molecule has 0 saturated carbocycles. The number of nitrogens with zero attached hydrogens (tertiary/aromatic N) is 1. The van der Waals surface area contributed by atoms with E-state index in [4.69, 9.17) is 23.8 Å². The fraction of sp³-hybridized carbons (Fsp3) is 0.400. The van der Waals surface area contributed by atoms with Gasteiger partial charge in [0.2, 0.25) is 5.76 Å². The van der Waals surface area contributed by atoms with Crippen molar-refractivity contribution in [3.8, 4) is 0 Å². The smallest absolute Gasteiger partial charge is 0.376 e. The molecule has 5 rings (SSSR count). The summed E-state index contributed by atoms with van der Waals surface area (Å²) in [5.74, 6) is -0.299. The monoisotopic (exact) mass is 571 g/mol. The van der Waals surface area contributed by atoms with Crippen LogP contribution in [-0.2, 0) is 41.8 Å². The molecular weight excluding hydrogens is 530 g/mol. The number of carbonyl (C=O) groups excluding carboxylic acids is 1. The van der Waals surface area contributed by atoms with E-state index in [1.807, 2.05) is 83.9 Å². The first-order chi connectivity index (χ1) is 20.3. The fourth-order valence-electron chi connectivity index (χ4n) is 5.49. The summed E-state index contributed by atoms with van der Waals surface area (Å²) in [5, 5.41) is 1.88. The van der Waals surface area contributed by atoms with Gasteiger partial charge in [-0.25, -0.2) is 4.79 Å². The highest BCUT2D eigenvalue weighted by Gasteiger charge is 2.51. The lowest BCUT2D eigenvalue weighted by Crippen LogP contribution is -2.41. The van der Waals surface area contributed by atoms with Gasteiger partial charge in [0.15, 0.2) is 0 Å². The summed E-state index contributed by atoms with van der Waals surface area (Å²) >= 11 is 0. The molecule has 3 aromatic rings. The molecule has 0 bridgehead atoms. The van der Waals surface area contributed by atoms with E-state index in [9.17, 15) is 4.79 Å². The Morgan fingerprint density at radius 2 is 1.48 bits per heavy atom. The zero-order chi connectivity index (χ0) is 29.5. The average molecular weight is 572 g/mol. The number of rotatable bonds is 11. The highest BCUT2D eigenvalue weighted by Crippen LogP contribution is 2.47. The van der Waals surface area contributed by atoms with E-state index in [1.54, 1.807) is 6.92 Å². The van der Waals surface area contributed by atoms with Crippen LogP contribution in [-0.4, -0.2) is 48.1 Å². The number of carbonyl (C=O) groups is 1. The van der Waals surface area contributed by atoms with Gasteiger partial charge in [0.25, 0.3) is 0 Å². The van der Waals surface area contributed by atoms with E-state index < -0.39 is 17.6 Å². The van der Waals surface area contributed by atoms with E-state index in [0.29, 0.717) is 26.2 Å². The second kappa shape index (κ2) is 13.7. The maximum atomic E-state index is 13.3. The van der Waals surface area contributed by atoms with Crippen molar-refractivity contribution in [3.63, 3.8) is 0 Å². The van der Waals surface area contributed by atoms with Crippen molar-refractivity contribution >= 4 is 5.97 Å². The number of benzene rings is 3. The minimum atomic E-state index is -0.491. The van der Waals surface area contributed by atoms with E-state index in [1.165, 1.54) is 0 Å². The molecular formula is C35H41NO6. The minimum Gasteiger partial charge on any atom is -0.460 e. The SMILES string of the molecule is CCOC(=O)C1=C([C@@H]2C[C@H](OCc3ccccc3)[C@@H](COCc3ccccc3)O2)C(c2ccccc2)N(C(C)(C)C)O1. The van der Waals surface area contributed by atoms with E-state index in [2.05, 4.69) is 32.9 Å². The van der Waals surface area contributed by atoms with Crippen molar-refractivity contribution in [1.29, 1.82) is 0 Å². The Morgan fingerprint density at radius 1 is 0.881 bits per heavy atom. The van der Waals surface area contributed by atoms with E-state index >= 15 is 0 Å². The Labute approximate surface area is 248 Å². The zero-order valence-corrected chi connectivity index (χ0v) is 24.9. The van der Waals surface area contributed by atoms with Crippen LogP contribution in [0.2, 0.25) is 0 Å². The summed E-state index contributed by atoms with van der Waals surface area (Å²) in [6.07, 6.45) is -0.469. The van der Waals surface area contributed by atoms with Gasteiger partial charge in [0.1, 0.15) is 6.10 Å². The fourth-order valence-corrected chi connectivity index (χ4v) is 5.49. The first-order valence-corrected chi connectivity index (χ1v) is 14.7. The molecule has 0 spiro atoms. The molecule has 7 heteroatoms. The van der Waals surface area contributed by atoms with Gasteiger partial charge in [0.05, 0.1) is 44.7 Å². The lowest BCUT2D eigenvalue weighted by Gasteiger charge is -2.36. The summed E-state index contributed by atoms with van der Waals surface area (Å²) in [7, 11) is 0. The maximum absolute atomic E-state index is 13.3. The molecule has 1 unspecified atom stereocenters. The molecule has 2 heterocycles. The molecule has 2 aliphatic heterocycles. The van der Waals surface area contributed by atoms with Gasteiger partial charge < -0.3 is 23.8 Å². The maximum Gasteiger partial charge on any atom is 0.376 e. The quantitative estimate of drug-likeness (QED) is 0.242. The van der Waals surface area contributed by atoms with Gasteiger partial charge in [-0.3, -0.25) is 0 Å². The summed E-state index contributed by atoms with van der Waals surface area (Å²) in [6, 6.07) is 29.9. The second-order valence-electron chi connectivity index (χ2n) is 11.6. The van der Waals surface area contributed by atoms with Crippen molar-refractivity contribution in [1.82, 2.24) is 5.06 Å². The summed E-state index contributed by atoms with van der Waals surface area (Å²) in [6.45, 7) is 9.52. The lowest BCUT2D eigenvalue weighted by molar-refractivity contribution is -0.189. The molecule has 7 nitrogen and oxygen atoms in total. The first-order valence-electron chi connectivity index (χ1n) is 14.7. The van der Waals surface area contributed by atoms with E-state index in [-0.39, 0.29) is 30.6 Å². The molecule has 1 saturated heterocycles. The summed E-state index contributed by atoms with van der Waals surface area (Å²) < 4.78 is 24.8. The number of hydrogen-bond donors (Lipinski definition) is 0. The van der Waals surface area contributed by atoms with Crippen molar-refractivity contribution in [2.75, 3.05) is 13.2 Å². The van der Waals surface area contributed by atoms with Crippen molar-refractivity contribution in [2.45, 2.75) is 77.2 Å². The largest absolute Gasteiger partial charge is 0.460 e. The van der Waals surface area contributed by atoms with Crippen LogP contribution >= 0.6 is 0 Å². The zero-order valence-electron chi connectivity index (χ0n) is 24.9. The predicted octanol–water partition coefficient (Wildman–Crippen LogP) is 6.55. The van der Waals surface area contributed by atoms with Crippen LogP contribution in [0.5, 0.6) is 0 Å². The Hall–Kier alpha value is -3.49. The normalized spacial score (nSPS) is 22.8. The molecule has 0 aliphatic carbocycles. The van der Waals surface area contributed by atoms with Crippen molar-refractivity contribution in [2.24, 2.45) is 0 Å². The average Bonchev–Trinajstić information content (AvgIpc) is 3.60. The van der Waals surface area contributed by atoms with Crippen LogP contribution < -0.4 is 0 Å². The van der Waals surface area contributed by atoms with Gasteiger partial charge in [-0.1, -0.05) is 91.0 Å². The Bertz CT molecular complexity index is 1320. The number of hydrogen-bond acceptors (Lipinski definition) is 7. The second-order valence-corrected chi connectivity index (χ2v) is 11.6. The van der Waals surface area contributed by atoms with Gasteiger partial charge in [0, 0.05) is 17.5 Å². The highest BCUT2D eigenvalue weighted by molar-refractivity contribution is 5.88. The minimum absolute atomic E-state index is 0.193. The van der Waals surface area contributed by atoms with Crippen molar-refractivity contribution in [3.05, 3.63) is 119 Å². The number of esters is 1. The summed E-state index contributed by atoms with van der Waals surface area (Å²) in [4.78, 5) is 19.7. The molecule has 42 heavy (non-hydrogen) atoms. The van der Waals surface area contributed by atoms with E-state index in [0.717, 1.165) is 22.3 Å². The third-order valence-corrected chi connectivity index (χ3v) is 7.47. The van der Waals surface area contributed by atoms with Crippen LogP contribution in [0, 0.1) is 0 Å². The summed E-state index contributed by atoms with van der Waals surface area (Å²) in [5.41, 5.74) is 3.53. The van der Waals surface area contributed by atoms with Crippen LogP contribution in [0.4, 0.5) is 0 Å². The van der Waals surface area contributed by atoms with Gasteiger partial charge in [-0.05, 0) is 44.4 Å². The van der Waals surface area contributed by atoms with Crippen LogP contribution in [0.3, 0.4) is 0 Å². The van der Waals surface area contributed by atoms with Crippen molar-refractivity contribution < 1.29 is 28.6 Å². The first kappa shape index (κ1) is 30.0. The topological polar surface area (TPSA) is 66.5 Å². The number of ether oxygens (including phenoxy) is 4. The van der Waals surface area contributed by atoms with Crippen LogP contribution in [0.25, 0.3) is 0 Å². The molecule has 1 fully saturated rings. The molecule has 0 radical (unpaired) electrons. The molecule has 0 N–H and O–H groups in total. The molecule has 0 amide bonds.